The lowest BCUT2D eigenvalue weighted by molar-refractivity contribution is -0.131. The number of amides is 2. The topological polar surface area (TPSA) is 84.5 Å². The minimum absolute atomic E-state index is 0.00155. The highest BCUT2D eigenvalue weighted by Gasteiger charge is 2.17. The summed E-state index contributed by atoms with van der Waals surface area (Å²) in [6.07, 6.45) is 32.1. The molecule has 2 aromatic rings. The van der Waals surface area contributed by atoms with Gasteiger partial charge >= 0.3 is 5.97 Å². The number of hydrogen-bond donors (Lipinski definition) is 2. The third-order valence-corrected chi connectivity index (χ3v) is 6.59. The molecule has 0 aliphatic carbocycles. The lowest BCUT2D eigenvalue weighted by Gasteiger charge is -2.13. The van der Waals surface area contributed by atoms with Crippen molar-refractivity contribution >= 4 is 17.8 Å². The molecule has 0 aliphatic rings. The van der Waals surface area contributed by atoms with Crippen molar-refractivity contribution in [1.82, 2.24) is 10.6 Å². The molecule has 0 aliphatic heterocycles. The molecule has 2 amide bonds. The average molecular weight is 645 g/mol. The molecule has 0 aromatic heterocycles. The van der Waals surface area contributed by atoms with Crippen molar-refractivity contribution in [3.8, 4) is 16.9 Å². The van der Waals surface area contributed by atoms with Gasteiger partial charge in [0.2, 0.25) is 5.91 Å². The standard InChI is InChI=1S/C39H46F2N2O4/c1-3-4-5-6-7-8-9-10-11-12-13-14-15-16-17-18-19-20-21-22-38(45)42-27-28-43-39(46)35-29-32(23-26-37(35)47-31(2)44)34-25-24-33(40)30-36(34)41/h4-5,7-8,10-11,13-14,16-17,19-20,23-26,29-30H,3,6,9,12,15,18,21-22,27-28H2,1-2H3,(H,42,45)(H,43,46)/b5-4-,8-7-,11-10-,14-13-,17-16-,20-19-. The predicted molar refractivity (Wildman–Crippen MR) is 186 cm³/mol. The quantitative estimate of drug-likeness (QED) is 0.0653. The number of rotatable bonds is 20. The number of allylic oxidation sites excluding steroid dienone is 12. The van der Waals surface area contributed by atoms with E-state index < -0.39 is 23.5 Å². The van der Waals surface area contributed by atoms with Crippen LogP contribution in [0.15, 0.2) is 109 Å². The first-order chi connectivity index (χ1) is 22.8. The van der Waals surface area contributed by atoms with Crippen LogP contribution in [0.5, 0.6) is 5.75 Å². The number of carbonyl (C=O) groups is 3. The molecule has 0 unspecified atom stereocenters. The van der Waals surface area contributed by atoms with Crippen LogP contribution in [0, 0.1) is 11.6 Å². The molecule has 0 spiro atoms. The fourth-order valence-corrected chi connectivity index (χ4v) is 4.26. The number of benzene rings is 2. The van der Waals surface area contributed by atoms with Gasteiger partial charge < -0.3 is 15.4 Å². The lowest BCUT2D eigenvalue weighted by atomic mass is 10.0. The summed E-state index contributed by atoms with van der Waals surface area (Å²) in [5.41, 5.74) is 0.408. The molecule has 2 aromatic carbocycles. The van der Waals surface area contributed by atoms with Gasteiger partial charge in [-0.1, -0.05) is 85.9 Å². The van der Waals surface area contributed by atoms with Crippen LogP contribution in [0.2, 0.25) is 0 Å². The highest BCUT2D eigenvalue weighted by molar-refractivity contribution is 5.99. The molecule has 2 N–H and O–H groups in total. The van der Waals surface area contributed by atoms with Crippen molar-refractivity contribution in [3.63, 3.8) is 0 Å². The monoisotopic (exact) mass is 644 g/mol. The Morgan fingerprint density at radius 2 is 1.26 bits per heavy atom. The van der Waals surface area contributed by atoms with E-state index in [1.807, 2.05) is 12.2 Å². The van der Waals surface area contributed by atoms with Crippen LogP contribution in [0.25, 0.3) is 11.1 Å². The minimum atomic E-state index is -0.789. The summed E-state index contributed by atoms with van der Waals surface area (Å²) in [5.74, 6) is -2.85. The highest BCUT2D eigenvalue weighted by Crippen LogP contribution is 2.29. The summed E-state index contributed by atoms with van der Waals surface area (Å²) in [7, 11) is 0. The third-order valence-electron chi connectivity index (χ3n) is 6.59. The Bertz CT molecular complexity index is 1470. The first-order valence-corrected chi connectivity index (χ1v) is 16.0. The summed E-state index contributed by atoms with van der Waals surface area (Å²) in [5, 5.41) is 5.42. The molecule has 0 saturated heterocycles. The van der Waals surface area contributed by atoms with Gasteiger partial charge in [-0.2, -0.15) is 0 Å². The van der Waals surface area contributed by atoms with E-state index in [9.17, 15) is 23.2 Å². The zero-order valence-electron chi connectivity index (χ0n) is 27.4. The molecule has 0 heterocycles. The maximum absolute atomic E-state index is 14.3. The average Bonchev–Trinajstić information content (AvgIpc) is 3.04. The molecule has 6 nitrogen and oxygen atoms in total. The second-order valence-electron chi connectivity index (χ2n) is 10.5. The van der Waals surface area contributed by atoms with Gasteiger partial charge in [0.05, 0.1) is 5.56 Å². The van der Waals surface area contributed by atoms with Gasteiger partial charge in [-0.3, -0.25) is 14.4 Å². The number of hydrogen-bond acceptors (Lipinski definition) is 4. The molecular weight excluding hydrogens is 598 g/mol. The van der Waals surface area contributed by atoms with E-state index in [1.165, 1.54) is 31.2 Å². The normalized spacial score (nSPS) is 12.0. The Labute approximate surface area is 277 Å². The van der Waals surface area contributed by atoms with E-state index in [2.05, 4.69) is 78.3 Å². The molecule has 2 rings (SSSR count). The van der Waals surface area contributed by atoms with E-state index in [0.717, 1.165) is 50.7 Å². The van der Waals surface area contributed by atoms with E-state index in [4.69, 9.17) is 4.74 Å². The second-order valence-corrected chi connectivity index (χ2v) is 10.5. The molecule has 0 bridgehead atoms. The van der Waals surface area contributed by atoms with Crippen LogP contribution in [0.4, 0.5) is 8.78 Å². The summed E-state index contributed by atoms with van der Waals surface area (Å²) < 4.78 is 32.8. The van der Waals surface area contributed by atoms with E-state index >= 15 is 0 Å². The van der Waals surface area contributed by atoms with Crippen LogP contribution in [0.3, 0.4) is 0 Å². The Morgan fingerprint density at radius 3 is 1.81 bits per heavy atom. The van der Waals surface area contributed by atoms with Gasteiger partial charge in [-0.15, -0.1) is 0 Å². The minimum Gasteiger partial charge on any atom is -0.426 e. The fourth-order valence-electron chi connectivity index (χ4n) is 4.26. The number of ether oxygens (including phenoxy) is 1. The SMILES string of the molecule is CC/C=C\C/C=C\C/C=C\C/C=C\C/C=C\C/C=C\CCC(=O)NCCNC(=O)c1cc(-c2ccc(F)cc2F)ccc1OC(C)=O. The lowest BCUT2D eigenvalue weighted by Crippen LogP contribution is -2.34. The molecule has 47 heavy (non-hydrogen) atoms. The van der Waals surface area contributed by atoms with E-state index in [1.54, 1.807) is 0 Å². The Balaban J connectivity index is 1.64. The third kappa shape index (κ3) is 16.9. The van der Waals surface area contributed by atoms with Crippen molar-refractivity contribution < 1.29 is 27.9 Å². The zero-order valence-corrected chi connectivity index (χ0v) is 27.4. The molecule has 0 saturated carbocycles. The van der Waals surface area contributed by atoms with Crippen LogP contribution in [-0.4, -0.2) is 30.9 Å². The Morgan fingerprint density at radius 1 is 0.702 bits per heavy atom. The molecule has 250 valence electrons. The molecule has 0 atom stereocenters. The first-order valence-electron chi connectivity index (χ1n) is 16.0. The van der Waals surface area contributed by atoms with Crippen LogP contribution in [-0.2, 0) is 9.59 Å². The number of carbonyl (C=O) groups excluding carboxylic acids is 3. The number of halogens is 2. The van der Waals surface area contributed by atoms with Gasteiger partial charge in [-0.25, -0.2) is 8.78 Å². The largest absolute Gasteiger partial charge is 0.426 e. The maximum Gasteiger partial charge on any atom is 0.308 e. The van der Waals surface area contributed by atoms with Gasteiger partial charge in [0, 0.05) is 38.1 Å². The van der Waals surface area contributed by atoms with Crippen molar-refractivity contribution in [2.45, 2.75) is 65.2 Å². The predicted octanol–water partition coefficient (Wildman–Crippen LogP) is 8.88. The second kappa shape index (κ2) is 23.5. The van der Waals surface area contributed by atoms with Crippen molar-refractivity contribution in [3.05, 3.63) is 127 Å². The zero-order chi connectivity index (χ0) is 34.1. The molecule has 0 radical (unpaired) electrons. The van der Waals surface area contributed by atoms with E-state index in [0.29, 0.717) is 18.4 Å². The van der Waals surface area contributed by atoms with Gasteiger partial charge in [0.1, 0.15) is 17.4 Å². The molecular formula is C39H46F2N2O4. The number of esters is 1. The first kappa shape index (κ1) is 38.3. The van der Waals surface area contributed by atoms with Crippen LogP contribution < -0.4 is 15.4 Å². The Kier molecular flexibility index (Phi) is 19.2. The summed E-state index contributed by atoms with van der Waals surface area (Å²) in [6.45, 7) is 3.66. The van der Waals surface area contributed by atoms with Gasteiger partial charge in [0.25, 0.3) is 5.91 Å². The van der Waals surface area contributed by atoms with Crippen molar-refractivity contribution in [2.24, 2.45) is 0 Å². The fraction of sp³-hybridized carbons (Fsp3) is 0.308. The maximum atomic E-state index is 14.3. The van der Waals surface area contributed by atoms with Crippen molar-refractivity contribution in [1.29, 1.82) is 0 Å². The van der Waals surface area contributed by atoms with Gasteiger partial charge in [-0.05, 0) is 74.8 Å². The summed E-state index contributed by atoms with van der Waals surface area (Å²) >= 11 is 0. The van der Waals surface area contributed by atoms with Crippen molar-refractivity contribution in [2.75, 3.05) is 13.1 Å². The highest BCUT2D eigenvalue weighted by atomic mass is 19.1. The summed E-state index contributed by atoms with van der Waals surface area (Å²) in [6, 6.07) is 7.36. The van der Waals surface area contributed by atoms with E-state index in [-0.39, 0.29) is 35.9 Å². The Hall–Kier alpha value is -4.85. The summed E-state index contributed by atoms with van der Waals surface area (Å²) in [4.78, 5) is 36.6. The van der Waals surface area contributed by atoms with Crippen LogP contribution in [0.1, 0.15) is 75.6 Å². The van der Waals surface area contributed by atoms with Crippen LogP contribution >= 0.6 is 0 Å². The molecule has 8 heteroatoms. The molecule has 0 fully saturated rings. The number of nitrogens with one attached hydrogen (secondary N) is 2. The van der Waals surface area contributed by atoms with Gasteiger partial charge in [0.15, 0.2) is 0 Å². The smallest absolute Gasteiger partial charge is 0.308 e.